The average molecular weight is 455 g/mol. The highest BCUT2D eigenvalue weighted by Crippen LogP contribution is 2.21. The molecule has 0 atom stereocenters. The van der Waals surface area contributed by atoms with Gasteiger partial charge < -0.3 is 15.2 Å². The van der Waals surface area contributed by atoms with E-state index in [1.807, 2.05) is 92.1 Å². The van der Waals surface area contributed by atoms with Crippen molar-refractivity contribution in [3.05, 3.63) is 94.8 Å². The van der Waals surface area contributed by atoms with Crippen molar-refractivity contribution in [3.8, 4) is 0 Å². The van der Waals surface area contributed by atoms with Crippen LogP contribution >= 0.6 is 0 Å². The van der Waals surface area contributed by atoms with Crippen molar-refractivity contribution in [1.29, 1.82) is 0 Å². The third-order valence-corrected chi connectivity index (χ3v) is 6.03. The van der Waals surface area contributed by atoms with Crippen molar-refractivity contribution in [2.24, 2.45) is 0 Å². The van der Waals surface area contributed by atoms with Gasteiger partial charge in [0, 0.05) is 24.2 Å². The van der Waals surface area contributed by atoms with Gasteiger partial charge in [0.2, 0.25) is 5.91 Å². The van der Waals surface area contributed by atoms with Gasteiger partial charge in [0.15, 0.2) is 0 Å². The number of aryl methyl sites for hydroxylation is 4. The number of hydrogen-bond acceptors (Lipinski definition) is 3. The molecule has 1 heterocycles. The maximum absolute atomic E-state index is 13.0. The first-order valence-corrected chi connectivity index (χ1v) is 11.6. The lowest BCUT2D eigenvalue weighted by molar-refractivity contribution is -0.116. The minimum absolute atomic E-state index is 0.0698. The molecule has 174 valence electrons. The molecule has 0 aliphatic carbocycles. The Balaban J connectivity index is 1.44. The standard InChI is InChI=1S/C28H30N4O2/c1-19-10-4-5-13-22(19)28(34)29-17-9-16-25-30-23-14-6-7-15-24(23)32(25)18-26(33)31-27-20(2)11-8-12-21(27)3/h4-8,10-15H,9,16-18H2,1-3H3,(H,29,34)(H,31,33). The lowest BCUT2D eigenvalue weighted by Gasteiger charge is -2.13. The molecule has 0 radical (unpaired) electrons. The van der Waals surface area contributed by atoms with Crippen LogP contribution in [0.2, 0.25) is 0 Å². The topological polar surface area (TPSA) is 76.0 Å². The molecule has 0 saturated heterocycles. The van der Waals surface area contributed by atoms with Crippen LogP contribution in [-0.2, 0) is 17.8 Å². The number of aromatic nitrogens is 2. The molecule has 0 saturated carbocycles. The summed E-state index contributed by atoms with van der Waals surface area (Å²) in [6, 6.07) is 21.4. The van der Waals surface area contributed by atoms with Crippen LogP contribution in [0.3, 0.4) is 0 Å². The molecule has 4 aromatic rings. The van der Waals surface area contributed by atoms with Crippen molar-refractivity contribution >= 4 is 28.5 Å². The summed E-state index contributed by atoms with van der Waals surface area (Å²) in [4.78, 5) is 30.2. The number of carbonyl (C=O) groups is 2. The second-order valence-electron chi connectivity index (χ2n) is 8.59. The monoisotopic (exact) mass is 454 g/mol. The van der Waals surface area contributed by atoms with E-state index in [-0.39, 0.29) is 18.4 Å². The van der Waals surface area contributed by atoms with Gasteiger partial charge in [-0.05, 0) is 62.1 Å². The predicted molar refractivity (Wildman–Crippen MR) is 136 cm³/mol. The summed E-state index contributed by atoms with van der Waals surface area (Å²) in [5.74, 6) is 0.678. The summed E-state index contributed by atoms with van der Waals surface area (Å²) in [7, 11) is 0. The van der Waals surface area contributed by atoms with Gasteiger partial charge in [-0.2, -0.15) is 0 Å². The van der Waals surface area contributed by atoms with E-state index in [0.29, 0.717) is 18.5 Å². The molecule has 0 unspecified atom stereocenters. The minimum atomic E-state index is -0.0883. The van der Waals surface area contributed by atoms with Crippen molar-refractivity contribution in [2.75, 3.05) is 11.9 Å². The number of para-hydroxylation sites is 3. The van der Waals surface area contributed by atoms with E-state index in [1.54, 1.807) is 0 Å². The number of carbonyl (C=O) groups excluding carboxylic acids is 2. The number of benzene rings is 3. The highest BCUT2D eigenvalue weighted by atomic mass is 16.2. The molecule has 6 heteroatoms. The van der Waals surface area contributed by atoms with Gasteiger partial charge in [0.1, 0.15) is 12.4 Å². The number of hydrogen-bond donors (Lipinski definition) is 2. The zero-order valence-corrected chi connectivity index (χ0v) is 19.9. The largest absolute Gasteiger partial charge is 0.352 e. The molecule has 2 N–H and O–H groups in total. The van der Waals surface area contributed by atoms with Crippen molar-refractivity contribution in [1.82, 2.24) is 14.9 Å². The van der Waals surface area contributed by atoms with Crippen LogP contribution < -0.4 is 10.6 Å². The highest BCUT2D eigenvalue weighted by molar-refractivity contribution is 5.95. The Morgan fingerprint density at radius 1 is 0.853 bits per heavy atom. The summed E-state index contributed by atoms with van der Waals surface area (Å²) in [6.45, 7) is 6.63. The summed E-state index contributed by atoms with van der Waals surface area (Å²) >= 11 is 0. The number of rotatable bonds is 8. The van der Waals surface area contributed by atoms with Crippen LogP contribution in [0, 0.1) is 20.8 Å². The van der Waals surface area contributed by atoms with Gasteiger partial charge in [-0.15, -0.1) is 0 Å². The van der Waals surface area contributed by atoms with Crippen LogP contribution in [0.1, 0.15) is 39.3 Å². The zero-order chi connectivity index (χ0) is 24.1. The van der Waals surface area contributed by atoms with Gasteiger partial charge in [-0.3, -0.25) is 9.59 Å². The van der Waals surface area contributed by atoms with Gasteiger partial charge in [-0.1, -0.05) is 48.5 Å². The van der Waals surface area contributed by atoms with Crippen LogP contribution in [0.25, 0.3) is 11.0 Å². The smallest absolute Gasteiger partial charge is 0.251 e. The van der Waals surface area contributed by atoms with Gasteiger partial charge in [0.25, 0.3) is 5.91 Å². The van der Waals surface area contributed by atoms with E-state index in [4.69, 9.17) is 4.98 Å². The third kappa shape index (κ3) is 5.17. The molecule has 0 aliphatic rings. The van der Waals surface area contributed by atoms with E-state index in [1.165, 1.54) is 0 Å². The summed E-state index contributed by atoms with van der Waals surface area (Å²) < 4.78 is 1.97. The number of nitrogens with one attached hydrogen (secondary N) is 2. The van der Waals surface area contributed by atoms with E-state index >= 15 is 0 Å². The lowest BCUT2D eigenvalue weighted by atomic mass is 10.1. The second-order valence-corrected chi connectivity index (χ2v) is 8.59. The Morgan fingerprint density at radius 3 is 2.29 bits per heavy atom. The van der Waals surface area contributed by atoms with Gasteiger partial charge in [-0.25, -0.2) is 4.98 Å². The molecule has 3 aromatic carbocycles. The molecule has 0 bridgehead atoms. The fraction of sp³-hybridized carbons (Fsp3) is 0.250. The lowest BCUT2D eigenvalue weighted by Crippen LogP contribution is -2.26. The molecule has 2 amide bonds. The van der Waals surface area contributed by atoms with Crippen LogP contribution in [-0.4, -0.2) is 27.9 Å². The number of fused-ring (bicyclic) bond motifs is 1. The minimum Gasteiger partial charge on any atom is -0.352 e. The fourth-order valence-corrected chi connectivity index (χ4v) is 4.20. The Morgan fingerprint density at radius 2 is 1.53 bits per heavy atom. The summed E-state index contributed by atoms with van der Waals surface area (Å²) in [5.41, 5.74) is 6.37. The van der Waals surface area contributed by atoms with Gasteiger partial charge in [0.05, 0.1) is 11.0 Å². The first-order chi connectivity index (χ1) is 16.4. The number of anilines is 1. The first-order valence-electron chi connectivity index (χ1n) is 11.6. The van der Waals surface area contributed by atoms with E-state index < -0.39 is 0 Å². The molecule has 0 spiro atoms. The molecular formula is C28H30N4O2. The number of amides is 2. The van der Waals surface area contributed by atoms with E-state index in [9.17, 15) is 9.59 Å². The van der Waals surface area contributed by atoms with Crippen molar-refractivity contribution in [2.45, 2.75) is 40.2 Å². The third-order valence-electron chi connectivity index (χ3n) is 6.03. The Bertz CT molecular complexity index is 1320. The summed E-state index contributed by atoms with van der Waals surface area (Å²) in [5, 5.41) is 6.06. The normalized spacial score (nSPS) is 10.9. The number of imidazole rings is 1. The van der Waals surface area contributed by atoms with Gasteiger partial charge >= 0.3 is 0 Å². The SMILES string of the molecule is Cc1ccccc1C(=O)NCCCc1nc2ccccc2n1CC(=O)Nc1c(C)cccc1C. The Hall–Kier alpha value is -3.93. The molecule has 0 fully saturated rings. The van der Waals surface area contributed by atoms with E-state index in [2.05, 4.69) is 10.6 Å². The Kier molecular flexibility index (Phi) is 7.07. The van der Waals surface area contributed by atoms with Crippen LogP contribution in [0.15, 0.2) is 66.7 Å². The summed E-state index contributed by atoms with van der Waals surface area (Å²) in [6.07, 6.45) is 1.37. The molecule has 1 aromatic heterocycles. The molecule has 0 aliphatic heterocycles. The van der Waals surface area contributed by atoms with E-state index in [0.717, 1.165) is 45.7 Å². The van der Waals surface area contributed by atoms with Crippen molar-refractivity contribution < 1.29 is 9.59 Å². The quantitative estimate of drug-likeness (QED) is 0.369. The second kappa shape index (κ2) is 10.3. The molecule has 6 nitrogen and oxygen atoms in total. The Labute approximate surface area is 200 Å². The van der Waals surface area contributed by atoms with Crippen LogP contribution in [0.5, 0.6) is 0 Å². The molecule has 4 rings (SSSR count). The predicted octanol–water partition coefficient (Wildman–Crippen LogP) is 4.96. The molecular weight excluding hydrogens is 424 g/mol. The fourth-order valence-electron chi connectivity index (χ4n) is 4.20. The van der Waals surface area contributed by atoms with Crippen LogP contribution in [0.4, 0.5) is 5.69 Å². The maximum Gasteiger partial charge on any atom is 0.251 e. The molecule has 34 heavy (non-hydrogen) atoms. The zero-order valence-electron chi connectivity index (χ0n) is 19.9. The first kappa shape index (κ1) is 23.2. The highest BCUT2D eigenvalue weighted by Gasteiger charge is 2.15. The van der Waals surface area contributed by atoms with Crippen molar-refractivity contribution in [3.63, 3.8) is 0 Å². The average Bonchev–Trinajstić information content (AvgIpc) is 3.16. The maximum atomic E-state index is 13.0. The number of nitrogens with zero attached hydrogens (tertiary/aromatic N) is 2.